The normalized spacial score (nSPS) is 14.5. The van der Waals surface area contributed by atoms with Crippen LogP contribution in [0.2, 0.25) is 0 Å². The number of sulfone groups is 1. The summed E-state index contributed by atoms with van der Waals surface area (Å²) in [5, 5.41) is 2.51. The van der Waals surface area contributed by atoms with Gasteiger partial charge in [0.05, 0.1) is 15.8 Å². The van der Waals surface area contributed by atoms with Crippen LogP contribution in [-0.2, 0) is 15.6 Å². The highest BCUT2D eigenvalue weighted by Gasteiger charge is 2.30. The number of nitrogens with one attached hydrogen (secondary N) is 1. The fraction of sp³-hybridized carbons (Fsp3) is 0.231. The second kappa shape index (κ2) is 9.64. The number of rotatable bonds is 7. The first kappa shape index (κ1) is 22.7. The van der Waals surface area contributed by atoms with Gasteiger partial charge in [-0.1, -0.05) is 25.0 Å². The number of thioether (sulfide) groups is 1. The summed E-state index contributed by atoms with van der Waals surface area (Å²) in [6.45, 7) is 0. The molecule has 0 saturated heterocycles. The standard InChI is InChI=1S/C26H25N3O3S2/c30-26(28-20-6-5-9-24(16-20)34(31,32)23-7-1-2-8-23)19-11-13-22(14-12-19)33-18-21-17-29-15-4-3-10-25(29)27-21/h3-6,9-17,23H,1-2,7-8,18H2,(H,28,30). The summed E-state index contributed by atoms with van der Waals surface area (Å²) in [5.41, 5.74) is 2.91. The van der Waals surface area contributed by atoms with Gasteiger partial charge >= 0.3 is 0 Å². The van der Waals surface area contributed by atoms with Crippen molar-refractivity contribution < 1.29 is 13.2 Å². The number of aromatic nitrogens is 2. The molecule has 0 aliphatic heterocycles. The van der Waals surface area contributed by atoms with E-state index in [-0.39, 0.29) is 16.1 Å². The highest BCUT2D eigenvalue weighted by atomic mass is 32.2. The van der Waals surface area contributed by atoms with Crippen molar-refractivity contribution in [2.75, 3.05) is 5.32 Å². The lowest BCUT2D eigenvalue weighted by molar-refractivity contribution is 0.102. The number of imidazole rings is 1. The third kappa shape index (κ3) is 4.88. The van der Waals surface area contributed by atoms with Crippen LogP contribution in [-0.4, -0.2) is 29.0 Å². The van der Waals surface area contributed by atoms with Crippen molar-refractivity contribution in [1.29, 1.82) is 0 Å². The highest BCUT2D eigenvalue weighted by Crippen LogP contribution is 2.30. The van der Waals surface area contributed by atoms with E-state index in [1.165, 1.54) is 0 Å². The lowest BCUT2D eigenvalue weighted by Gasteiger charge is -2.13. The van der Waals surface area contributed by atoms with Crippen molar-refractivity contribution >= 4 is 38.8 Å². The molecule has 4 aromatic rings. The van der Waals surface area contributed by atoms with Crippen molar-refractivity contribution in [3.63, 3.8) is 0 Å². The Morgan fingerprint density at radius 2 is 1.82 bits per heavy atom. The van der Waals surface area contributed by atoms with E-state index in [1.807, 2.05) is 47.1 Å². The summed E-state index contributed by atoms with van der Waals surface area (Å²) in [6, 6.07) is 19.9. The van der Waals surface area contributed by atoms with Crippen LogP contribution in [0.1, 0.15) is 41.7 Å². The minimum absolute atomic E-state index is 0.271. The van der Waals surface area contributed by atoms with Gasteiger partial charge in [-0.25, -0.2) is 13.4 Å². The van der Waals surface area contributed by atoms with E-state index < -0.39 is 9.84 Å². The van der Waals surface area contributed by atoms with E-state index >= 15 is 0 Å². The van der Waals surface area contributed by atoms with E-state index in [4.69, 9.17) is 0 Å². The minimum atomic E-state index is -3.37. The number of carbonyl (C=O) groups is 1. The van der Waals surface area contributed by atoms with Gasteiger partial charge in [0.15, 0.2) is 9.84 Å². The molecule has 1 N–H and O–H groups in total. The van der Waals surface area contributed by atoms with E-state index in [2.05, 4.69) is 10.3 Å². The van der Waals surface area contributed by atoms with Crippen molar-refractivity contribution in [3.8, 4) is 0 Å². The Hall–Kier alpha value is -3.10. The number of nitrogens with zero attached hydrogens (tertiary/aromatic N) is 2. The van der Waals surface area contributed by atoms with E-state index in [1.54, 1.807) is 48.2 Å². The van der Waals surface area contributed by atoms with Gasteiger partial charge in [-0.05, 0) is 67.4 Å². The number of benzene rings is 2. The molecule has 34 heavy (non-hydrogen) atoms. The molecule has 6 nitrogen and oxygen atoms in total. The largest absolute Gasteiger partial charge is 0.322 e. The van der Waals surface area contributed by atoms with Gasteiger partial charge in [-0.15, -0.1) is 11.8 Å². The first-order chi connectivity index (χ1) is 16.5. The first-order valence-electron chi connectivity index (χ1n) is 11.3. The van der Waals surface area contributed by atoms with Crippen LogP contribution in [0.4, 0.5) is 5.69 Å². The lowest BCUT2D eigenvalue weighted by Crippen LogP contribution is -2.18. The third-order valence-electron chi connectivity index (χ3n) is 6.08. The summed E-state index contributed by atoms with van der Waals surface area (Å²) in [4.78, 5) is 18.7. The van der Waals surface area contributed by atoms with Crippen molar-refractivity contribution in [1.82, 2.24) is 9.38 Å². The summed E-state index contributed by atoms with van der Waals surface area (Å²) in [5.74, 6) is 0.461. The van der Waals surface area contributed by atoms with E-state index in [0.29, 0.717) is 24.1 Å². The minimum Gasteiger partial charge on any atom is -0.322 e. The summed E-state index contributed by atoms with van der Waals surface area (Å²) in [7, 11) is -3.37. The maximum atomic E-state index is 12.9. The average Bonchev–Trinajstić information content (AvgIpc) is 3.54. The zero-order chi connectivity index (χ0) is 23.5. The molecule has 0 bridgehead atoms. The van der Waals surface area contributed by atoms with Gasteiger partial charge < -0.3 is 9.72 Å². The Morgan fingerprint density at radius 1 is 1.03 bits per heavy atom. The fourth-order valence-corrected chi connectivity index (χ4v) is 6.94. The van der Waals surface area contributed by atoms with E-state index in [9.17, 15) is 13.2 Å². The quantitative estimate of drug-likeness (QED) is 0.341. The smallest absolute Gasteiger partial charge is 0.255 e. The molecule has 0 radical (unpaired) electrons. The average molecular weight is 492 g/mol. The highest BCUT2D eigenvalue weighted by molar-refractivity contribution is 7.98. The zero-order valence-electron chi connectivity index (χ0n) is 18.6. The molecule has 5 rings (SSSR count). The molecular weight excluding hydrogens is 466 g/mol. The Labute approximate surface area is 203 Å². The predicted octanol–water partition coefficient (Wildman–Crippen LogP) is 5.60. The van der Waals surface area contributed by atoms with Gasteiger partial charge in [-0.3, -0.25) is 4.79 Å². The Morgan fingerprint density at radius 3 is 2.59 bits per heavy atom. The second-order valence-corrected chi connectivity index (χ2v) is 11.7. The number of fused-ring (bicyclic) bond motifs is 1. The zero-order valence-corrected chi connectivity index (χ0v) is 20.2. The van der Waals surface area contributed by atoms with E-state index in [0.717, 1.165) is 34.8 Å². The molecule has 1 fully saturated rings. The maximum absolute atomic E-state index is 12.9. The predicted molar refractivity (Wildman–Crippen MR) is 135 cm³/mol. The number of hydrogen-bond donors (Lipinski definition) is 1. The number of pyridine rings is 1. The van der Waals surface area contributed by atoms with Crippen LogP contribution < -0.4 is 5.32 Å². The monoisotopic (exact) mass is 491 g/mol. The van der Waals surface area contributed by atoms with Crippen molar-refractivity contribution in [3.05, 3.63) is 90.4 Å². The molecule has 1 aliphatic carbocycles. The van der Waals surface area contributed by atoms with Gasteiger partial charge in [0.2, 0.25) is 0 Å². The van der Waals surface area contributed by atoms with Crippen LogP contribution in [0.15, 0.2) is 88.9 Å². The van der Waals surface area contributed by atoms with Crippen LogP contribution in [0, 0.1) is 0 Å². The number of hydrogen-bond acceptors (Lipinski definition) is 5. The maximum Gasteiger partial charge on any atom is 0.255 e. The van der Waals surface area contributed by atoms with Gasteiger partial charge in [0, 0.05) is 34.3 Å². The summed E-state index contributed by atoms with van der Waals surface area (Å²) < 4.78 is 27.7. The molecule has 2 aromatic heterocycles. The number of anilines is 1. The SMILES string of the molecule is O=C(Nc1cccc(S(=O)(=O)C2CCCC2)c1)c1ccc(SCc2cn3ccccc3n2)cc1. The molecule has 8 heteroatoms. The lowest BCUT2D eigenvalue weighted by atomic mass is 10.2. The molecule has 0 unspecified atom stereocenters. The molecular formula is C26H25N3O3S2. The summed E-state index contributed by atoms with van der Waals surface area (Å²) in [6.07, 6.45) is 7.32. The van der Waals surface area contributed by atoms with Gasteiger partial charge in [0.25, 0.3) is 5.91 Å². The summed E-state index contributed by atoms with van der Waals surface area (Å²) >= 11 is 1.66. The van der Waals surface area contributed by atoms with Gasteiger partial charge in [-0.2, -0.15) is 0 Å². The van der Waals surface area contributed by atoms with Crippen LogP contribution in [0.3, 0.4) is 0 Å². The first-order valence-corrected chi connectivity index (χ1v) is 13.8. The molecule has 174 valence electrons. The van der Waals surface area contributed by atoms with Crippen LogP contribution in [0.25, 0.3) is 5.65 Å². The molecule has 0 atom stereocenters. The third-order valence-corrected chi connectivity index (χ3v) is 9.38. The van der Waals surface area contributed by atoms with Crippen LogP contribution in [0.5, 0.6) is 0 Å². The Balaban J connectivity index is 1.22. The van der Waals surface area contributed by atoms with Crippen LogP contribution >= 0.6 is 11.8 Å². The Kier molecular flexibility index (Phi) is 6.43. The Bertz CT molecular complexity index is 1390. The molecule has 1 aliphatic rings. The molecule has 0 spiro atoms. The fourth-order valence-electron chi connectivity index (χ4n) is 4.26. The molecule has 2 heterocycles. The van der Waals surface area contributed by atoms with Gasteiger partial charge in [0.1, 0.15) is 5.65 Å². The van der Waals surface area contributed by atoms with Crippen molar-refractivity contribution in [2.24, 2.45) is 0 Å². The second-order valence-electron chi connectivity index (χ2n) is 8.44. The number of amides is 1. The molecule has 2 aromatic carbocycles. The molecule has 1 amide bonds. The topological polar surface area (TPSA) is 80.5 Å². The number of carbonyl (C=O) groups excluding carboxylic acids is 1. The van der Waals surface area contributed by atoms with Crippen molar-refractivity contribution in [2.45, 2.75) is 46.5 Å². The molecule has 1 saturated carbocycles.